The molecule has 8 rings (SSSR count). The fourth-order valence-corrected chi connectivity index (χ4v) is 10.0. The van der Waals surface area contributed by atoms with Crippen LogP contribution in [0.5, 0.6) is 5.88 Å². The molecule has 12 nitrogen and oxygen atoms in total. The topological polar surface area (TPSA) is 174 Å². The van der Waals surface area contributed by atoms with Gasteiger partial charge in [-0.05, 0) is 87.1 Å². The monoisotopic (exact) mass is 799 g/mol. The van der Waals surface area contributed by atoms with Crippen molar-refractivity contribution in [2.75, 3.05) is 0 Å². The Morgan fingerprint density at radius 2 is 1.66 bits per heavy atom. The highest BCUT2D eigenvalue weighted by Crippen LogP contribution is 2.47. The average molecular weight is 800 g/mol. The molecule has 292 valence electrons. The Hall–Kier alpha value is -5.02. The molecule has 2 aromatic heterocycles. The van der Waals surface area contributed by atoms with Crippen LogP contribution >= 0.6 is 11.3 Å². The zero-order valence-corrected chi connectivity index (χ0v) is 32.1. The van der Waals surface area contributed by atoms with Gasteiger partial charge in [-0.1, -0.05) is 55.3 Å². The quantitative estimate of drug-likeness (QED) is 0.191. The van der Waals surface area contributed by atoms with Crippen LogP contribution in [0.15, 0.2) is 78.2 Å². The molecule has 56 heavy (non-hydrogen) atoms. The van der Waals surface area contributed by atoms with E-state index in [2.05, 4.69) is 15.4 Å². The van der Waals surface area contributed by atoms with Crippen molar-refractivity contribution in [2.24, 2.45) is 17.8 Å². The van der Waals surface area contributed by atoms with Crippen LogP contribution in [0.1, 0.15) is 74.6 Å². The van der Waals surface area contributed by atoms with Gasteiger partial charge >= 0.3 is 0 Å². The van der Waals surface area contributed by atoms with E-state index in [0.717, 1.165) is 17.7 Å². The minimum Gasteiger partial charge on any atom is -0.473 e. The molecule has 0 saturated heterocycles. The van der Waals surface area contributed by atoms with Gasteiger partial charge in [0.15, 0.2) is 5.78 Å². The number of hydrogen-bond acceptors (Lipinski definition) is 10. The number of sulfonamides is 1. The van der Waals surface area contributed by atoms with E-state index >= 15 is 0 Å². The van der Waals surface area contributed by atoms with Crippen LogP contribution in [0.2, 0.25) is 0 Å². The molecule has 0 spiro atoms. The first kappa shape index (κ1) is 37.9. The van der Waals surface area contributed by atoms with Gasteiger partial charge in [0.25, 0.3) is 11.8 Å². The molecule has 0 radical (unpaired) electrons. The lowest BCUT2D eigenvalue weighted by Crippen LogP contribution is -2.54. The van der Waals surface area contributed by atoms with Gasteiger partial charge in [-0.2, -0.15) is 0 Å². The van der Waals surface area contributed by atoms with Crippen molar-refractivity contribution >= 4 is 55.9 Å². The van der Waals surface area contributed by atoms with E-state index in [9.17, 15) is 32.0 Å². The number of carbonyl (C=O) groups excluding carboxylic acids is 4. The van der Waals surface area contributed by atoms with Crippen molar-refractivity contribution in [2.45, 2.75) is 87.1 Å². The number of fused-ring (bicyclic) bond motifs is 3. The van der Waals surface area contributed by atoms with Crippen molar-refractivity contribution < 1.29 is 36.7 Å². The molecule has 3 amide bonds. The predicted molar refractivity (Wildman–Crippen MR) is 207 cm³/mol. The van der Waals surface area contributed by atoms with Crippen LogP contribution in [-0.4, -0.2) is 64.8 Å². The summed E-state index contributed by atoms with van der Waals surface area (Å²) in [5, 5.41) is 6.95. The molecule has 1 aliphatic heterocycles. The largest absolute Gasteiger partial charge is 0.473 e. The second-order valence-corrected chi connectivity index (χ2v) is 18.1. The van der Waals surface area contributed by atoms with Crippen LogP contribution < -0.4 is 20.1 Å². The molecule has 0 bridgehead atoms. The Kier molecular flexibility index (Phi) is 10.5. The van der Waals surface area contributed by atoms with Crippen molar-refractivity contribution in [3.8, 4) is 16.5 Å². The molecule has 4 aliphatic rings. The Morgan fingerprint density at radius 1 is 0.911 bits per heavy atom. The van der Waals surface area contributed by atoms with E-state index < -0.39 is 80.0 Å². The van der Waals surface area contributed by atoms with E-state index in [1.54, 1.807) is 0 Å². The molecule has 3 heterocycles. The Balaban J connectivity index is 1.13. The summed E-state index contributed by atoms with van der Waals surface area (Å²) in [6, 6.07) is 15.7. The summed E-state index contributed by atoms with van der Waals surface area (Å²) >= 11 is 1.46. The van der Waals surface area contributed by atoms with Crippen molar-refractivity contribution in [1.82, 2.24) is 25.3 Å². The van der Waals surface area contributed by atoms with Crippen LogP contribution in [0, 0.1) is 23.6 Å². The van der Waals surface area contributed by atoms with E-state index in [0.29, 0.717) is 42.4 Å². The van der Waals surface area contributed by atoms with Crippen molar-refractivity contribution in [3.05, 3.63) is 89.6 Å². The number of nitrogens with zero attached hydrogens (tertiary/aromatic N) is 2. The maximum Gasteiger partial charge on any atom is 0.259 e. The minimum absolute atomic E-state index is 0.0627. The summed E-state index contributed by atoms with van der Waals surface area (Å²) in [6.07, 6.45) is 7.35. The highest BCUT2D eigenvalue weighted by molar-refractivity contribution is 7.91. The molecule has 2 aromatic carbocycles. The molecule has 4 aromatic rings. The van der Waals surface area contributed by atoms with Gasteiger partial charge in [0.1, 0.15) is 23.2 Å². The van der Waals surface area contributed by atoms with Crippen molar-refractivity contribution in [3.63, 3.8) is 0 Å². The smallest absolute Gasteiger partial charge is 0.259 e. The molecule has 3 aliphatic carbocycles. The Bertz CT molecular complexity index is 2320. The third-order valence-corrected chi connectivity index (χ3v) is 14.0. The maximum atomic E-state index is 14.7. The van der Waals surface area contributed by atoms with Gasteiger partial charge < -0.3 is 15.4 Å². The number of hydrogen-bond donors (Lipinski definition) is 3. The average Bonchev–Trinajstić information content (AvgIpc) is 4.05. The number of Topliss-reactive ketones (excluding diaryl/α,β-unsaturated/α-hetero) is 1. The number of benzene rings is 2. The number of carbonyl (C=O) groups is 4. The van der Waals surface area contributed by atoms with E-state index in [1.165, 1.54) is 35.6 Å². The van der Waals surface area contributed by atoms with Gasteiger partial charge in [0.05, 0.1) is 38.7 Å². The molecule has 3 N–H and O–H groups in total. The summed E-state index contributed by atoms with van der Waals surface area (Å²) in [6.45, 7) is 0. The third kappa shape index (κ3) is 7.83. The number of ketones is 1. The first-order valence-corrected chi connectivity index (χ1v) is 21.6. The molecule has 6 atom stereocenters. The second-order valence-electron chi connectivity index (χ2n) is 15.2. The maximum absolute atomic E-state index is 14.7. The highest BCUT2D eigenvalue weighted by Gasteiger charge is 2.62. The summed E-state index contributed by atoms with van der Waals surface area (Å²) in [5.41, 5.74) is 0.0627. The second kappa shape index (κ2) is 15.5. The minimum atomic E-state index is -3.91. The summed E-state index contributed by atoms with van der Waals surface area (Å²) in [7, 11) is -3.91. The normalized spacial score (nSPS) is 27.5. The lowest BCUT2D eigenvalue weighted by molar-refractivity contribution is -0.136. The molecule has 3 saturated carbocycles. The van der Waals surface area contributed by atoms with Gasteiger partial charge in [0.2, 0.25) is 21.8 Å². The number of halogens is 1. The highest BCUT2D eigenvalue weighted by atomic mass is 32.2. The van der Waals surface area contributed by atoms with Crippen LogP contribution in [-0.2, 0) is 24.4 Å². The van der Waals surface area contributed by atoms with Gasteiger partial charge in [-0.3, -0.25) is 23.9 Å². The fraction of sp³-hybridized carbons (Fsp3) is 0.415. The Morgan fingerprint density at radius 3 is 2.41 bits per heavy atom. The van der Waals surface area contributed by atoms with Crippen LogP contribution in [0.3, 0.4) is 0 Å². The molecular formula is C41H42FN5O7S2. The number of para-hydroxylation sites is 2. The number of nitrogens with one attached hydrogen (secondary N) is 3. The molecular weight excluding hydrogens is 758 g/mol. The van der Waals surface area contributed by atoms with Gasteiger partial charge in [-0.15, -0.1) is 11.3 Å². The number of allylic oxidation sites excluding steroid dienone is 1. The lowest BCUT2D eigenvalue weighted by Gasteiger charge is -2.26. The van der Waals surface area contributed by atoms with Gasteiger partial charge in [0, 0.05) is 11.8 Å². The molecule has 15 heteroatoms. The molecule has 3 fully saturated rings. The number of rotatable bonds is 8. The van der Waals surface area contributed by atoms with Crippen molar-refractivity contribution in [1.29, 1.82) is 0 Å². The first-order valence-electron chi connectivity index (χ1n) is 19.1. The lowest BCUT2D eigenvalue weighted by atomic mass is 9.85. The van der Waals surface area contributed by atoms with Crippen LogP contribution in [0.25, 0.3) is 21.6 Å². The van der Waals surface area contributed by atoms with Gasteiger partial charge in [-0.25, -0.2) is 22.8 Å². The zero-order valence-electron chi connectivity index (χ0n) is 30.5. The fourth-order valence-electron chi connectivity index (χ4n) is 7.94. The van der Waals surface area contributed by atoms with E-state index in [1.807, 2.05) is 53.9 Å². The standard InChI is InChI=1S/C41H42FN5O7S2/c42-30-13-7-6-12-27(30)37(49)44-33-16-5-3-1-2-4-11-24-23-41(24,40(51)47-56(52,53)26-18-19-26)46-38(50)29-22-25(21-28(29)36(33)48)54-39-35(34-17-10-20-55-34)43-31-14-8-9-15-32(31)45-39/h4,6-15,17,20,24-26,28-29,33H,1-3,5,16,18-19,21-23H2,(H,44,49)(H,46,50)(H,47,51)/b11-4-/t24?,25-,28?,29+,33+,41+/m0/s1. The van der Waals surface area contributed by atoms with Crippen LogP contribution in [0.4, 0.5) is 4.39 Å². The number of amides is 3. The third-order valence-electron chi connectivity index (χ3n) is 11.3. The Labute approximate surface area is 327 Å². The predicted octanol–water partition coefficient (Wildman–Crippen LogP) is 5.64. The number of thiophene rings is 1. The zero-order chi connectivity index (χ0) is 39.0. The summed E-state index contributed by atoms with van der Waals surface area (Å²) in [4.78, 5) is 66.9. The number of aromatic nitrogens is 2. The SMILES string of the molecule is O=C(N[C@@H]1CCCCC/C=C\C2C[C@@]2(C(=O)NS(=O)(=O)C2CC2)NC(=O)[C@@H]2C[C@@H](Oc3nc4ccccc4nc3-c3cccs3)CC2C1=O)c1ccccc1F. The summed E-state index contributed by atoms with van der Waals surface area (Å²) < 4.78 is 49.3. The van der Waals surface area contributed by atoms with E-state index in [-0.39, 0.29) is 37.1 Å². The van der Waals surface area contributed by atoms with E-state index in [4.69, 9.17) is 14.7 Å². The first-order chi connectivity index (χ1) is 27.0. The number of ether oxygens (including phenoxy) is 1. The molecule has 2 unspecified atom stereocenters. The summed E-state index contributed by atoms with van der Waals surface area (Å²) in [5.74, 6) is -5.46.